The zero-order chi connectivity index (χ0) is 14.0. The summed E-state index contributed by atoms with van der Waals surface area (Å²) in [6.07, 6.45) is 0. The Labute approximate surface area is 138 Å². The SMILES string of the molecule is Cc1cccc(Cl)c1NC(=O)c1cc(Br)ccc1I. The van der Waals surface area contributed by atoms with Gasteiger partial charge in [0, 0.05) is 8.04 Å². The van der Waals surface area contributed by atoms with Crippen molar-refractivity contribution in [2.45, 2.75) is 6.92 Å². The summed E-state index contributed by atoms with van der Waals surface area (Å²) in [6, 6.07) is 11.1. The van der Waals surface area contributed by atoms with Gasteiger partial charge >= 0.3 is 0 Å². The van der Waals surface area contributed by atoms with E-state index in [0.29, 0.717) is 16.3 Å². The Balaban J connectivity index is 2.34. The molecule has 1 amide bonds. The Morgan fingerprint density at radius 1 is 1.32 bits per heavy atom. The van der Waals surface area contributed by atoms with Crippen LogP contribution in [0.3, 0.4) is 0 Å². The molecule has 0 heterocycles. The van der Waals surface area contributed by atoms with Crippen LogP contribution in [0, 0.1) is 10.5 Å². The average molecular weight is 451 g/mol. The molecule has 2 rings (SSSR count). The molecule has 0 fully saturated rings. The number of hydrogen-bond acceptors (Lipinski definition) is 1. The van der Waals surface area contributed by atoms with E-state index in [2.05, 4.69) is 43.8 Å². The van der Waals surface area contributed by atoms with Crippen LogP contribution in [0.15, 0.2) is 40.9 Å². The summed E-state index contributed by atoms with van der Waals surface area (Å²) in [6.45, 7) is 1.91. The second-order valence-corrected chi connectivity index (χ2v) is 6.50. The lowest BCUT2D eigenvalue weighted by Crippen LogP contribution is -2.14. The lowest BCUT2D eigenvalue weighted by Gasteiger charge is -2.11. The summed E-state index contributed by atoms with van der Waals surface area (Å²) in [5.74, 6) is -0.165. The summed E-state index contributed by atoms with van der Waals surface area (Å²) in [4.78, 5) is 12.3. The first-order chi connectivity index (χ1) is 8.99. The molecule has 0 aromatic heterocycles. The number of carbonyl (C=O) groups is 1. The number of nitrogens with one attached hydrogen (secondary N) is 1. The number of amides is 1. The average Bonchev–Trinajstić information content (AvgIpc) is 2.37. The van der Waals surface area contributed by atoms with Gasteiger partial charge in [-0.25, -0.2) is 0 Å². The van der Waals surface area contributed by atoms with E-state index in [1.807, 2.05) is 31.2 Å². The van der Waals surface area contributed by atoms with Gasteiger partial charge < -0.3 is 5.32 Å². The quantitative estimate of drug-likeness (QED) is 0.621. The molecule has 2 nitrogen and oxygen atoms in total. The molecule has 2 aromatic carbocycles. The van der Waals surface area contributed by atoms with Crippen molar-refractivity contribution in [3.8, 4) is 0 Å². The van der Waals surface area contributed by atoms with E-state index in [1.54, 1.807) is 12.1 Å². The van der Waals surface area contributed by atoms with Crippen LogP contribution >= 0.6 is 50.1 Å². The zero-order valence-corrected chi connectivity index (χ0v) is 14.5. The van der Waals surface area contributed by atoms with E-state index >= 15 is 0 Å². The maximum atomic E-state index is 12.3. The smallest absolute Gasteiger partial charge is 0.256 e. The van der Waals surface area contributed by atoms with Crippen LogP contribution in [0.2, 0.25) is 5.02 Å². The number of anilines is 1. The molecule has 2 aromatic rings. The van der Waals surface area contributed by atoms with E-state index in [4.69, 9.17) is 11.6 Å². The largest absolute Gasteiger partial charge is 0.320 e. The van der Waals surface area contributed by atoms with Crippen molar-refractivity contribution in [1.29, 1.82) is 0 Å². The number of carbonyl (C=O) groups excluding carboxylic acids is 1. The van der Waals surface area contributed by atoms with Crippen LogP contribution in [-0.4, -0.2) is 5.91 Å². The molecule has 0 aliphatic rings. The van der Waals surface area contributed by atoms with Gasteiger partial charge in [-0.1, -0.05) is 39.7 Å². The molecule has 0 bridgehead atoms. The molecule has 0 unspecified atom stereocenters. The lowest BCUT2D eigenvalue weighted by molar-refractivity contribution is 0.102. The van der Waals surface area contributed by atoms with Gasteiger partial charge in [0.15, 0.2) is 0 Å². The maximum Gasteiger partial charge on any atom is 0.256 e. The van der Waals surface area contributed by atoms with Crippen LogP contribution in [-0.2, 0) is 0 Å². The first-order valence-electron chi connectivity index (χ1n) is 5.50. The highest BCUT2D eigenvalue weighted by Gasteiger charge is 2.13. The Morgan fingerprint density at radius 3 is 2.74 bits per heavy atom. The molecule has 19 heavy (non-hydrogen) atoms. The highest BCUT2D eigenvalue weighted by molar-refractivity contribution is 14.1. The van der Waals surface area contributed by atoms with Crippen LogP contribution in [0.4, 0.5) is 5.69 Å². The molecule has 0 saturated heterocycles. The van der Waals surface area contributed by atoms with Crippen molar-refractivity contribution in [2.24, 2.45) is 0 Å². The first kappa shape index (κ1) is 14.8. The second kappa shape index (κ2) is 6.24. The predicted molar refractivity (Wildman–Crippen MR) is 91.0 cm³/mol. The molecule has 0 radical (unpaired) electrons. The number of para-hydroxylation sites is 1. The molecular formula is C14H10BrClINO. The second-order valence-electron chi connectivity index (χ2n) is 4.01. The summed E-state index contributed by atoms with van der Waals surface area (Å²) in [5, 5.41) is 3.41. The van der Waals surface area contributed by atoms with E-state index < -0.39 is 0 Å². The van der Waals surface area contributed by atoms with Crippen molar-refractivity contribution in [3.63, 3.8) is 0 Å². The van der Waals surface area contributed by atoms with Crippen LogP contribution in [0.25, 0.3) is 0 Å². The molecule has 0 atom stereocenters. The van der Waals surface area contributed by atoms with Crippen molar-refractivity contribution in [3.05, 3.63) is 60.6 Å². The third-order valence-electron chi connectivity index (χ3n) is 2.63. The van der Waals surface area contributed by atoms with Gasteiger partial charge in [0.1, 0.15) is 0 Å². The molecule has 0 aliphatic heterocycles. The predicted octanol–water partition coefficient (Wildman–Crippen LogP) is 5.27. The fourth-order valence-electron chi connectivity index (χ4n) is 1.64. The van der Waals surface area contributed by atoms with Crippen molar-refractivity contribution >= 4 is 61.7 Å². The fraction of sp³-hybridized carbons (Fsp3) is 0.0714. The Kier molecular flexibility index (Phi) is 4.86. The van der Waals surface area contributed by atoms with Gasteiger partial charge in [-0.3, -0.25) is 4.79 Å². The van der Waals surface area contributed by atoms with Crippen molar-refractivity contribution in [2.75, 3.05) is 5.32 Å². The highest BCUT2D eigenvalue weighted by atomic mass is 127. The summed E-state index contributed by atoms with van der Waals surface area (Å²) >= 11 is 11.6. The molecule has 0 aliphatic carbocycles. The van der Waals surface area contributed by atoms with E-state index in [1.165, 1.54) is 0 Å². The number of aryl methyl sites for hydroxylation is 1. The maximum absolute atomic E-state index is 12.3. The van der Waals surface area contributed by atoms with Gasteiger partial charge in [0.2, 0.25) is 0 Å². The summed E-state index contributed by atoms with van der Waals surface area (Å²) in [5.41, 5.74) is 2.21. The van der Waals surface area contributed by atoms with Gasteiger partial charge in [-0.15, -0.1) is 0 Å². The van der Waals surface area contributed by atoms with Crippen LogP contribution < -0.4 is 5.32 Å². The Hall–Kier alpha value is -0.590. The number of benzene rings is 2. The Bertz CT molecular complexity index is 625. The molecule has 98 valence electrons. The van der Waals surface area contributed by atoms with Crippen LogP contribution in [0.1, 0.15) is 15.9 Å². The fourth-order valence-corrected chi connectivity index (χ4v) is 2.85. The van der Waals surface area contributed by atoms with Crippen molar-refractivity contribution in [1.82, 2.24) is 0 Å². The minimum Gasteiger partial charge on any atom is -0.320 e. The van der Waals surface area contributed by atoms with Gasteiger partial charge in [0.25, 0.3) is 5.91 Å². The molecular weight excluding hydrogens is 440 g/mol. The topological polar surface area (TPSA) is 29.1 Å². The molecule has 0 saturated carbocycles. The zero-order valence-electron chi connectivity index (χ0n) is 10.0. The molecule has 0 spiro atoms. The first-order valence-corrected chi connectivity index (χ1v) is 7.75. The number of halogens is 3. The minimum absolute atomic E-state index is 0.165. The minimum atomic E-state index is -0.165. The standard InChI is InChI=1S/C14H10BrClINO/c1-8-3-2-4-11(16)13(8)18-14(19)10-7-9(15)5-6-12(10)17/h2-7H,1H3,(H,18,19). The normalized spacial score (nSPS) is 10.3. The Morgan fingerprint density at radius 2 is 2.05 bits per heavy atom. The lowest BCUT2D eigenvalue weighted by atomic mass is 10.1. The third kappa shape index (κ3) is 3.49. The van der Waals surface area contributed by atoms with Gasteiger partial charge in [-0.2, -0.15) is 0 Å². The van der Waals surface area contributed by atoms with E-state index in [0.717, 1.165) is 13.6 Å². The van der Waals surface area contributed by atoms with Gasteiger partial charge in [-0.05, 0) is 59.3 Å². The highest BCUT2D eigenvalue weighted by Crippen LogP contribution is 2.27. The summed E-state index contributed by atoms with van der Waals surface area (Å²) < 4.78 is 1.76. The van der Waals surface area contributed by atoms with Gasteiger partial charge in [0.05, 0.1) is 16.3 Å². The molecule has 1 N–H and O–H groups in total. The van der Waals surface area contributed by atoms with Crippen molar-refractivity contribution < 1.29 is 4.79 Å². The van der Waals surface area contributed by atoms with E-state index in [-0.39, 0.29) is 5.91 Å². The van der Waals surface area contributed by atoms with E-state index in [9.17, 15) is 4.79 Å². The third-order valence-corrected chi connectivity index (χ3v) is 4.38. The number of hydrogen-bond donors (Lipinski definition) is 1. The summed E-state index contributed by atoms with van der Waals surface area (Å²) in [7, 11) is 0. The number of rotatable bonds is 2. The molecule has 5 heteroatoms. The monoisotopic (exact) mass is 449 g/mol. The van der Waals surface area contributed by atoms with Crippen LogP contribution in [0.5, 0.6) is 0 Å².